The molecule has 16 heavy (non-hydrogen) atoms. The maximum Gasteiger partial charge on any atom is 0.136 e. The minimum atomic E-state index is 0.539. The Morgan fingerprint density at radius 1 is 1.31 bits per heavy atom. The van der Waals surface area contributed by atoms with E-state index in [1.165, 1.54) is 12.8 Å². The van der Waals surface area contributed by atoms with Crippen LogP contribution in [0.4, 0.5) is 0 Å². The molecule has 0 atom stereocenters. The molecule has 0 bridgehead atoms. The first-order valence-electron chi connectivity index (χ1n) is 5.52. The highest BCUT2D eigenvalue weighted by Gasteiger charge is 2.29. The summed E-state index contributed by atoms with van der Waals surface area (Å²) in [5, 5.41) is 2.19. The number of nitrogens with zero attached hydrogens (tertiary/aromatic N) is 2. The van der Waals surface area contributed by atoms with Crippen LogP contribution in [0.2, 0.25) is 5.15 Å². The molecule has 86 valence electrons. The molecule has 0 spiro atoms. The Morgan fingerprint density at radius 2 is 2.06 bits per heavy atom. The predicted octanol–water partition coefficient (Wildman–Crippen LogP) is 2.81. The fraction of sp³-hybridized carbons (Fsp3) is 0.636. The van der Waals surface area contributed by atoms with E-state index in [0.717, 1.165) is 29.6 Å². The summed E-state index contributed by atoms with van der Waals surface area (Å²) < 4.78 is 5.17. The minimum Gasteiger partial charge on any atom is -0.379 e. The van der Waals surface area contributed by atoms with E-state index in [4.69, 9.17) is 16.3 Å². The fourth-order valence-corrected chi connectivity index (χ4v) is 2.86. The third-order valence-corrected chi connectivity index (χ3v) is 4.48. The summed E-state index contributed by atoms with van der Waals surface area (Å²) in [5.41, 5.74) is 1.00. The van der Waals surface area contributed by atoms with Crippen LogP contribution < -0.4 is 0 Å². The number of hydrogen-bond donors (Lipinski definition) is 0. The number of aromatic nitrogens is 2. The molecule has 3 rings (SSSR count). The monoisotopic (exact) mass is 256 g/mol. The smallest absolute Gasteiger partial charge is 0.136 e. The van der Waals surface area contributed by atoms with Crippen LogP contribution in [-0.2, 0) is 4.74 Å². The third-order valence-electron chi connectivity index (χ3n) is 2.89. The van der Waals surface area contributed by atoms with Crippen LogP contribution in [0, 0.1) is 6.92 Å². The van der Waals surface area contributed by atoms with Gasteiger partial charge < -0.3 is 4.74 Å². The summed E-state index contributed by atoms with van der Waals surface area (Å²) in [6, 6.07) is 0. The van der Waals surface area contributed by atoms with Gasteiger partial charge in [-0.1, -0.05) is 23.4 Å². The normalized spacial score (nSPS) is 20.9. The van der Waals surface area contributed by atoms with Crippen molar-refractivity contribution in [1.29, 1.82) is 0 Å². The largest absolute Gasteiger partial charge is 0.379 e. The van der Waals surface area contributed by atoms with Gasteiger partial charge in [-0.3, -0.25) is 0 Å². The Hall–Kier alpha value is -0.320. The Morgan fingerprint density at radius 3 is 2.62 bits per heavy atom. The summed E-state index contributed by atoms with van der Waals surface area (Å²) in [6.45, 7) is 3.63. The molecule has 1 aliphatic carbocycles. The van der Waals surface area contributed by atoms with E-state index in [0.29, 0.717) is 16.3 Å². The zero-order valence-electron chi connectivity index (χ0n) is 9.07. The van der Waals surface area contributed by atoms with Crippen molar-refractivity contribution >= 4 is 23.4 Å². The maximum atomic E-state index is 6.14. The number of halogens is 1. The van der Waals surface area contributed by atoms with Crippen molar-refractivity contribution in [3.8, 4) is 0 Å². The zero-order valence-corrected chi connectivity index (χ0v) is 10.6. The van der Waals surface area contributed by atoms with Crippen molar-refractivity contribution in [2.45, 2.75) is 36.0 Å². The molecule has 1 aliphatic heterocycles. The van der Waals surface area contributed by atoms with Gasteiger partial charge in [0.1, 0.15) is 16.0 Å². The van der Waals surface area contributed by atoms with Gasteiger partial charge in [-0.25, -0.2) is 9.97 Å². The van der Waals surface area contributed by atoms with Gasteiger partial charge >= 0.3 is 0 Å². The standard InChI is InChI=1S/C11H13ClN2OS/c1-6-9(12)13-10(7-2-3-7)14-11(6)16-8-4-15-5-8/h7-8H,2-5H2,1H3. The van der Waals surface area contributed by atoms with Gasteiger partial charge in [-0.15, -0.1) is 0 Å². The second-order valence-electron chi connectivity index (χ2n) is 4.35. The van der Waals surface area contributed by atoms with Gasteiger partial charge in [0.05, 0.1) is 18.5 Å². The van der Waals surface area contributed by atoms with Crippen molar-refractivity contribution in [2.24, 2.45) is 0 Å². The molecule has 2 fully saturated rings. The molecule has 0 aromatic carbocycles. The van der Waals surface area contributed by atoms with Gasteiger partial charge in [0.15, 0.2) is 0 Å². The van der Waals surface area contributed by atoms with Crippen molar-refractivity contribution < 1.29 is 4.74 Å². The van der Waals surface area contributed by atoms with Crippen LogP contribution in [0.15, 0.2) is 5.03 Å². The van der Waals surface area contributed by atoms with Crippen LogP contribution in [0.1, 0.15) is 30.1 Å². The molecule has 1 saturated carbocycles. The molecule has 1 aromatic rings. The average molecular weight is 257 g/mol. The third kappa shape index (κ3) is 2.06. The SMILES string of the molecule is Cc1c(Cl)nc(C2CC2)nc1SC1COC1. The van der Waals surface area contributed by atoms with Crippen molar-refractivity contribution in [3.63, 3.8) is 0 Å². The van der Waals surface area contributed by atoms with E-state index in [1.807, 2.05) is 6.92 Å². The van der Waals surface area contributed by atoms with E-state index < -0.39 is 0 Å². The second-order valence-corrected chi connectivity index (χ2v) is 6.00. The molecular weight excluding hydrogens is 244 g/mol. The van der Waals surface area contributed by atoms with Gasteiger partial charge in [-0.05, 0) is 19.8 Å². The lowest BCUT2D eigenvalue weighted by Gasteiger charge is -2.25. The first kappa shape index (κ1) is 10.8. The van der Waals surface area contributed by atoms with E-state index in [9.17, 15) is 0 Å². The topological polar surface area (TPSA) is 35.0 Å². The van der Waals surface area contributed by atoms with E-state index in [2.05, 4.69) is 9.97 Å². The number of hydrogen-bond acceptors (Lipinski definition) is 4. The molecule has 0 amide bonds. The summed E-state index contributed by atoms with van der Waals surface area (Å²) in [7, 11) is 0. The summed E-state index contributed by atoms with van der Waals surface area (Å²) in [6.07, 6.45) is 2.41. The van der Waals surface area contributed by atoms with E-state index in [1.54, 1.807) is 11.8 Å². The molecule has 2 heterocycles. The molecule has 1 aromatic heterocycles. The highest BCUT2D eigenvalue weighted by Crippen LogP contribution is 2.40. The predicted molar refractivity (Wildman–Crippen MR) is 64.2 cm³/mol. The van der Waals surface area contributed by atoms with Crippen LogP contribution in [-0.4, -0.2) is 28.4 Å². The molecule has 2 aliphatic rings. The van der Waals surface area contributed by atoms with E-state index in [-0.39, 0.29) is 0 Å². The maximum absolute atomic E-state index is 6.14. The number of rotatable bonds is 3. The van der Waals surface area contributed by atoms with Crippen LogP contribution in [0.25, 0.3) is 0 Å². The Kier molecular flexibility index (Phi) is 2.81. The lowest BCUT2D eigenvalue weighted by molar-refractivity contribution is 0.0454. The molecule has 0 N–H and O–H groups in total. The molecule has 0 unspecified atom stereocenters. The van der Waals surface area contributed by atoms with Crippen LogP contribution in [0.5, 0.6) is 0 Å². The van der Waals surface area contributed by atoms with Gasteiger partial charge in [-0.2, -0.15) is 0 Å². The summed E-state index contributed by atoms with van der Waals surface area (Å²) in [4.78, 5) is 8.99. The lowest BCUT2D eigenvalue weighted by Crippen LogP contribution is -2.30. The molecule has 1 saturated heterocycles. The first-order chi connectivity index (χ1) is 7.74. The number of ether oxygens (including phenoxy) is 1. The van der Waals surface area contributed by atoms with Crippen molar-refractivity contribution in [2.75, 3.05) is 13.2 Å². The highest BCUT2D eigenvalue weighted by atomic mass is 35.5. The minimum absolute atomic E-state index is 0.539. The molecule has 3 nitrogen and oxygen atoms in total. The fourth-order valence-electron chi connectivity index (χ4n) is 1.56. The average Bonchev–Trinajstić information content (AvgIpc) is 3.00. The van der Waals surface area contributed by atoms with E-state index >= 15 is 0 Å². The molecular formula is C11H13ClN2OS. The Labute approximate surface area is 104 Å². The second kappa shape index (κ2) is 4.17. The number of thioether (sulfide) groups is 1. The molecule has 5 heteroatoms. The van der Waals surface area contributed by atoms with Crippen molar-refractivity contribution in [3.05, 3.63) is 16.5 Å². The van der Waals surface area contributed by atoms with Gasteiger partial charge in [0, 0.05) is 11.5 Å². The zero-order chi connectivity index (χ0) is 11.1. The Balaban J connectivity index is 1.87. The Bertz CT molecular complexity index is 419. The lowest BCUT2D eigenvalue weighted by atomic mass is 10.3. The highest BCUT2D eigenvalue weighted by molar-refractivity contribution is 8.00. The van der Waals surface area contributed by atoms with Crippen LogP contribution >= 0.6 is 23.4 Å². The van der Waals surface area contributed by atoms with Crippen LogP contribution in [0.3, 0.4) is 0 Å². The molecule has 0 radical (unpaired) electrons. The first-order valence-corrected chi connectivity index (χ1v) is 6.78. The summed E-state index contributed by atoms with van der Waals surface area (Å²) >= 11 is 7.91. The van der Waals surface area contributed by atoms with Gasteiger partial charge in [0.2, 0.25) is 0 Å². The van der Waals surface area contributed by atoms with Crippen molar-refractivity contribution in [1.82, 2.24) is 9.97 Å². The van der Waals surface area contributed by atoms with Gasteiger partial charge in [0.25, 0.3) is 0 Å². The quantitative estimate of drug-likeness (QED) is 0.779. The summed E-state index contributed by atoms with van der Waals surface area (Å²) in [5.74, 6) is 1.48.